The molecule has 0 aromatic heterocycles. The maximum Gasteiger partial charge on any atom is 0.0715 e. The van der Waals surface area contributed by atoms with E-state index in [0.717, 1.165) is 0 Å². The van der Waals surface area contributed by atoms with Crippen molar-refractivity contribution in [2.24, 2.45) is 0 Å². The van der Waals surface area contributed by atoms with Gasteiger partial charge < -0.3 is 0 Å². The molecule has 0 spiro atoms. The number of hydrogen-bond donors (Lipinski definition) is 0. The van der Waals surface area contributed by atoms with Crippen LogP contribution in [0.15, 0.2) is 36.4 Å². The molecule has 4 rings (SSSR count). The van der Waals surface area contributed by atoms with Crippen LogP contribution >= 0.6 is 0 Å². The Morgan fingerprint density at radius 3 is 1.26 bits per heavy atom. The highest BCUT2D eigenvalue weighted by Gasteiger charge is 2.45. The van der Waals surface area contributed by atoms with E-state index in [1.807, 2.05) is 0 Å². The number of allylic oxidation sites excluding steroid dienone is 4. The number of benzene rings is 2. The van der Waals surface area contributed by atoms with E-state index in [4.69, 9.17) is 0 Å². The van der Waals surface area contributed by atoms with Crippen molar-refractivity contribution in [1.82, 2.24) is 0 Å². The zero-order valence-corrected chi connectivity index (χ0v) is 19.1. The van der Waals surface area contributed by atoms with Gasteiger partial charge >= 0.3 is 0 Å². The van der Waals surface area contributed by atoms with Gasteiger partial charge in [-0.1, -0.05) is 49.5 Å². The van der Waals surface area contributed by atoms with Gasteiger partial charge in [0.25, 0.3) is 0 Å². The van der Waals surface area contributed by atoms with Gasteiger partial charge in [-0.2, -0.15) is 0 Å². The molecule has 0 N–H and O–H groups in total. The van der Waals surface area contributed by atoms with Gasteiger partial charge in [-0.05, 0) is 108 Å². The molecule has 0 radical (unpaired) electrons. The van der Waals surface area contributed by atoms with Crippen LogP contribution in [0, 0.1) is 27.7 Å². The van der Waals surface area contributed by atoms with E-state index in [2.05, 4.69) is 91.1 Å². The topological polar surface area (TPSA) is 0 Å². The molecular formula is C26H32Si. The average Bonchev–Trinajstić information content (AvgIpc) is 3.15. The fraction of sp³-hybridized carbons (Fsp3) is 0.385. The Kier molecular flexibility index (Phi) is 4.16. The number of aryl methyl sites for hydroxylation is 4. The first-order valence-corrected chi connectivity index (χ1v) is 13.4. The summed E-state index contributed by atoms with van der Waals surface area (Å²) in [6.07, 6.45) is 5.20. The van der Waals surface area contributed by atoms with Gasteiger partial charge in [0.1, 0.15) is 0 Å². The first-order valence-electron chi connectivity index (χ1n) is 10.2. The number of rotatable bonds is 2. The smallest absolute Gasteiger partial charge is 0.0715 e. The SMILES string of the molecule is CC1=CC([Si](C)(C)C2C=C(C)c3c(C)ccc(C)c32)c2c(C)ccc(C)c21. The summed E-state index contributed by atoms with van der Waals surface area (Å²) in [6, 6.07) is 9.25. The first kappa shape index (κ1) is 18.5. The molecule has 0 fully saturated rings. The minimum Gasteiger partial charge on any atom is -0.0761 e. The van der Waals surface area contributed by atoms with Crippen molar-refractivity contribution >= 4 is 19.2 Å². The van der Waals surface area contributed by atoms with Crippen molar-refractivity contribution < 1.29 is 0 Å². The summed E-state index contributed by atoms with van der Waals surface area (Å²) in [5.41, 5.74) is 16.2. The van der Waals surface area contributed by atoms with Crippen LogP contribution in [0.25, 0.3) is 11.1 Å². The van der Waals surface area contributed by atoms with Gasteiger partial charge in [-0.25, -0.2) is 0 Å². The Hall–Kier alpha value is -1.86. The van der Waals surface area contributed by atoms with E-state index in [0.29, 0.717) is 11.1 Å². The van der Waals surface area contributed by atoms with Crippen molar-refractivity contribution in [3.8, 4) is 0 Å². The van der Waals surface area contributed by atoms with Crippen LogP contribution in [0.4, 0.5) is 0 Å². The highest BCUT2D eigenvalue weighted by atomic mass is 28.3. The average molecular weight is 373 g/mol. The van der Waals surface area contributed by atoms with Crippen molar-refractivity contribution in [2.45, 2.75) is 65.7 Å². The standard InChI is InChI=1S/C26H32Si/c1-15-9-11-17(3)25-21(13-19(5)23(15)25)27(7,8)22-14-20(6)24-16(2)10-12-18(4)26(22)24/h9-14,21-22H,1-8H3. The van der Waals surface area contributed by atoms with Gasteiger partial charge in [0.2, 0.25) is 0 Å². The molecule has 2 aromatic carbocycles. The fourth-order valence-corrected chi connectivity index (χ4v) is 9.69. The molecule has 2 aliphatic rings. The number of hydrogen-bond acceptors (Lipinski definition) is 0. The van der Waals surface area contributed by atoms with Crippen LogP contribution in [-0.2, 0) is 0 Å². The Morgan fingerprint density at radius 2 is 0.889 bits per heavy atom. The summed E-state index contributed by atoms with van der Waals surface area (Å²) in [5.74, 6) is 0. The maximum absolute atomic E-state index is 2.61. The molecule has 0 bridgehead atoms. The van der Waals surface area contributed by atoms with E-state index in [1.165, 1.54) is 44.5 Å². The Morgan fingerprint density at radius 1 is 0.556 bits per heavy atom. The Bertz CT molecular complexity index is 935. The van der Waals surface area contributed by atoms with E-state index < -0.39 is 8.07 Å². The Labute approximate surface area is 166 Å². The molecule has 0 heterocycles. The van der Waals surface area contributed by atoms with Gasteiger partial charge in [0.15, 0.2) is 0 Å². The molecule has 27 heavy (non-hydrogen) atoms. The van der Waals surface area contributed by atoms with Gasteiger partial charge in [-0.15, -0.1) is 0 Å². The fourth-order valence-electron chi connectivity index (χ4n) is 5.71. The molecule has 2 unspecified atom stereocenters. The molecule has 0 aliphatic heterocycles. The van der Waals surface area contributed by atoms with Crippen LogP contribution in [0.5, 0.6) is 0 Å². The van der Waals surface area contributed by atoms with Crippen molar-refractivity contribution in [1.29, 1.82) is 0 Å². The summed E-state index contributed by atoms with van der Waals surface area (Å²) in [7, 11) is -1.68. The lowest BCUT2D eigenvalue weighted by Gasteiger charge is -2.37. The molecule has 0 nitrogen and oxygen atoms in total. The van der Waals surface area contributed by atoms with Crippen molar-refractivity contribution in [3.05, 3.63) is 80.9 Å². The van der Waals surface area contributed by atoms with Crippen LogP contribution < -0.4 is 0 Å². The molecular weight excluding hydrogens is 340 g/mol. The molecule has 140 valence electrons. The van der Waals surface area contributed by atoms with Crippen LogP contribution in [0.2, 0.25) is 13.1 Å². The van der Waals surface area contributed by atoms with Crippen LogP contribution in [-0.4, -0.2) is 8.07 Å². The lowest BCUT2D eigenvalue weighted by atomic mass is 9.96. The highest BCUT2D eigenvalue weighted by Crippen LogP contribution is 2.52. The Balaban J connectivity index is 1.90. The lowest BCUT2D eigenvalue weighted by Crippen LogP contribution is -2.40. The minimum atomic E-state index is -1.68. The first-order chi connectivity index (χ1) is 12.6. The highest BCUT2D eigenvalue weighted by molar-refractivity contribution is 6.81. The number of fused-ring (bicyclic) bond motifs is 2. The van der Waals surface area contributed by atoms with Gasteiger partial charge in [0.05, 0.1) is 8.07 Å². The summed E-state index contributed by atoms with van der Waals surface area (Å²) in [4.78, 5) is 0. The quantitative estimate of drug-likeness (QED) is 0.481. The van der Waals surface area contributed by atoms with E-state index >= 15 is 0 Å². The van der Waals surface area contributed by atoms with E-state index in [-0.39, 0.29) is 0 Å². The van der Waals surface area contributed by atoms with E-state index in [1.54, 1.807) is 11.1 Å². The second kappa shape index (κ2) is 6.07. The summed E-state index contributed by atoms with van der Waals surface area (Å²) in [5, 5.41) is 0. The van der Waals surface area contributed by atoms with Crippen molar-refractivity contribution in [3.63, 3.8) is 0 Å². The van der Waals surface area contributed by atoms with Crippen LogP contribution in [0.1, 0.15) is 69.4 Å². The third-order valence-electron chi connectivity index (χ3n) is 7.19. The summed E-state index contributed by atoms with van der Waals surface area (Å²) < 4.78 is 0. The predicted molar refractivity (Wildman–Crippen MR) is 122 cm³/mol. The van der Waals surface area contributed by atoms with Crippen LogP contribution in [0.3, 0.4) is 0 Å². The molecule has 2 atom stereocenters. The minimum absolute atomic E-state index is 0.590. The molecule has 2 aromatic rings. The molecule has 0 amide bonds. The zero-order valence-electron chi connectivity index (χ0n) is 18.1. The van der Waals surface area contributed by atoms with Gasteiger partial charge in [-0.3, -0.25) is 0 Å². The maximum atomic E-state index is 2.61. The second-order valence-corrected chi connectivity index (χ2v) is 14.3. The van der Waals surface area contributed by atoms with Crippen molar-refractivity contribution in [2.75, 3.05) is 0 Å². The predicted octanol–water partition coefficient (Wildman–Crippen LogP) is 7.41. The van der Waals surface area contributed by atoms with Gasteiger partial charge in [0, 0.05) is 0 Å². The normalized spacial score (nSPS) is 21.0. The third-order valence-corrected chi connectivity index (χ3v) is 11.3. The second-order valence-electron chi connectivity index (χ2n) is 9.45. The third kappa shape index (κ3) is 2.55. The molecule has 0 saturated carbocycles. The molecule has 2 aliphatic carbocycles. The zero-order chi connectivity index (χ0) is 19.7. The summed E-state index contributed by atoms with van der Waals surface area (Å²) >= 11 is 0. The molecule has 1 heteroatoms. The summed E-state index contributed by atoms with van der Waals surface area (Å²) in [6.45, 7) is 19.0. The van der Waals surface area contributed by atoms with E-state index in [9.17, 15) is 0 Å². The lowest BCUT2D eigenvalue weighted by molar-refractivity contribution is 1.02. The molecule has 0 saturated heterocycles. The largest absolute Gasteiger partial charge is 0.0761 e. The monoisotopic (exact) mass is 372 g/mol.